The van der Waals surface area contributed by atoms with Crippen LogP contribution in [0.3, 0.4) is 0 Å². The minimum Gasteiger partial charge on any atom is -0.508 e. The van der Waals surface area contributed by atoms with Crippen molar-refractivity contribution < 1.29 is 9.84 Å². The quantitative estimate of drug-likeness (QED) is 0.733. The summed E-state index contributed by atoms with van der Waals surface area (Å²) in [6.45, 7) is 4.30. The molecule has 1 N–H and O–H groups in total. The molecule has 0 unspecified atom stereocenters. The number of nitrogens with zero attached hydrogens (tertiary/aromatic N) is 1. The van der Waals surface area contributed by atoms with Gasteiger partial charge in [-0.15, -0.1) is 0 Å². The Morgan fingerprint density at radius 3 is 2.52 bits per heavy atom. The predicted octanol–water partition coefficient (Wildman–Crippen LogP) is 4.97. The Kier molecular flexibility index (Phi) is 3.84. The van der Waals surface area contributed by atoms with Crippen molar-refractivity contribution in [1.82, 2.24) is 4.57 Å². The van der Waals surface area contributed by atoms with Crippen LogP contribution >= 0.6 is 0 Å². The molecular formula is C22H25NO2. The molecule has 3 aromatic rings. The standard InChI is InChI=1S/C22H25NO2/c1-22(2)13-12-20(25-22)21(16-9-5-7-11-19(16)24)17-14-23(3)18-10-6-4-8-15(17)18/h4-11,14,20-21,24H,12-13H2,1-3H3/t20-,21+/m1/s1. The van der Waals surface area contributed by atoms with Crippen molar-refractivity contribution in [2.75, 3.05) is 0 Å². The molecule has 3 heteroatoms. The molecule has 0 aliphatic carbocycles. The normalized spacial score (nSPS) is 20.8. The molecule has 0 bridgehead atoms. The number of aromatic nitrogens is 1. The predicted molar refractivity (Wildman–Crippen MR) is 101 cm³/mol. The van der Waals surface area contributed by atoms with Crippen LogP contribution in [0.5, 0.6) is 5.75 Å². The molecule has 1 fully saturated rings. The number of para-hydroxylation sites is 2. The van der Waals surface area contributed by atoms with Gasteiger partial charge < -0.3 is 14.4 Å². The molecule has 2 aromatic carbocycles. The molecule has 1 aliphatic rings. The average Bonchev–Trinajstić information content (AvgIpc) is 3.11. The van der Waals surface area contributed by atoms with Crippen LogP contribution < -0.4 is 0 Å². The van der Waals surface area contributed by atoms with Crippen molar-refractivity contribution in [2.24, 2.45) is 7.05 Å². The van der Waals surface area contributed by atoms with Gasteiger partial charge in [-0.1, -0.05) is 36.4 Å². The van der Waals surface area contributed by atoms with Crippen molar-refractivity contribution >= 4 is 10.9 Å². The monoisotopic (exact) mass is 335 g/mol. The van der Waals surface area contributed by atoms with Gasteiger partial charge in [0.15, 0.2) is 0 Å². The smallest absolute Gasteiger partial charge is 0.119 e. The van der Waals surface area contributed by atoms with Gasteiger partial charge >= 0.3 is 0 Å². The van der Waals surface area contributed by atoms with Crippen LogP contribution in [0, 0.1) is 0 Å². The number of benzene rings is 2. The summed E-state index contributed by atoms with van der Waals surface area (Å²) < 4.78 is 8.58. The molecule has 2 heterocycles. The lowest BCUT2D eigenvalue weighted by molar-refractivity contribution is -0.0216. The summed E-state index contributed by atoms with van der Waals surface area (Å²) in [5.74, 6) is 0.364. The number of ether oxygens (including phenoxy) is 1. The highest BCUT2D eigenvalue weighted by Gasteiger charge is 2.39. The summed E-state index contributed by atoms with van der Waals surface area (Å²) in [5, 5.41) is 11.8. The first-order valence-electron chi connectivity index (χ1n) is 8.96. The highest BCUT2D eigenvalue weighted by Crippen LogP contribution is 2.45. The van der Waals surface area contributed by atoms with Gasteiger partial charge in [-0.3, -0.25) is 0 Å². The number of aromatic hydroxyl groups is 1. The van der Waals surface area contributed by atoms with Crippen molar-refractivity contribution in [3.05, 3.63) is 65.9 Å². The Labute approximate surface area is 148 Å². The Bertz CT molecular complexity index is 909. The van der Waals surface area contributed by atoms with Gasteiger partial charge in [-0.2, -0.15) is 0 Å². The van der Waals surface area contributed by atoms with E-state index in [1.807, 2.05) is 18.2 Å². The van der Waals surface area contributed by atoms with E-state index >= 15 is 0 Å². The molecule has 0 radical (unpaired) electrons. The summed E-state index contributed by atoms with van der Waals surface area (Å²) in [7, 11) is 2.08. The maximum atomic E-state index is 10.5. The Balaban J connectivity index is 1.90. The fourth-order valence-corrected chi connectivity index (χ4v) is 4.19. The zero-order valence-electron chi connectivity index (χ0n) is 15.1. The lowest BCUT2D eigenvalue weighted by Gasteiger charge is -2.27. The molecule has 1 aliphatic heterocycles. The number of aryl methyl sites for hydroxylation is 1. The molecule has 4 rings (SSSR count). The van der Waals surface area contributed by atoms with Crippen molar-refractivity contribution in [3.63, 3.8) is 0 Å². The molecule has 0 saturated carbocycles. The molecule has 1 aromatic heterocycles. The van der Waals surface area contributed by atoms with Gasteiger partial charge in [0.25, 0.3) is 0 Å². The summed E-state index contributed by atoms with van der Waals surface area (Å²) in [6.07, 6.45) is 4.28. The number of hydrogen-bond acceptors (Lipinski definition) is 2. The van der Waals surface area contributed by atoms with Crippen LogP contribution in [0.15, 0.2) is 54.7 Å². The molecular weight excluding hydrogens is 310 g/mol. The lowest BCUT2D eigenvalue weighted by atomic mass is 9.84. The van der Waals surface area contributed by atoms with Gasteiger partial charge in [0.2, 0.25) is 0 Å². The zero-order valence-corrected chi connectivity index (χ0v) is 15.1. The summed E-state index contributed by atoms with van der Waals surface area (Å²) >= 11 is 0. The summed E-state index contributed by atoms with van der Waals surface area (Å²) in [5.41, 5.74) is 3.26. The molecule has 25 heavy (non-hydrogen) atoms. The largest absolute Gasteiger partial charge is 0.508 e. The van der Waals surface area contributed by atoms with Gasteiger partial charge in [-0.05, 0) is 44.4 Å². The Morgan fingerprint density at radius 2 is 1.80 bits per heavy atom. The van der Waals surface area contributed by atoms with Crippen LogP contribution in [0.25, 0.3) is 10.9 Å². The summed E-state index contributed by atoms with van der Waals surface area (Å²) in [4.78, 5) is 0. The highest BCUT2D eigenvalue weighted by atomic mass is 16.5. The first kappa shape index (κ1) is 16.2. The molecule has 3 nitrogen and oxygen atoms in total. The first-order valence-corrected chi connectivity index (χ1v) is 8.96. The third kappa shape index (κ3) is 2.83. The number of hydrogen-bond donors (Lipinski definition) is 1. The topological polar surface area (TPSA) is 34.4 Å². The molecule has 1 saturated heterocycles. The Hall–Kier alpha value is -2.26. The highest BCUT2D eigenvalue weighted by molar-refractivity contribution is 5.85. The van der Waals surface area contributed by atoms with Crippen LogP contribution in [0.2, 0.25) is 0 Å². The van der Waals surface area contributed by atoms with Crippen LogP contribution in [-0.2, 0) is 11.8 Å². The maximum Gasteiger partial charge on any atom is 0.119 e. The van der Waals surface area contributed by atoms with Gasteiger partial charge in [0.1, 0.15) is 5.75 Å². The second-order valence-corrected chi connectivity index (χ2v) is 7.70. The number of fused-ring (bicyclic) bond motifs is 1. The number of rotatable bonds is 3. The van der Waals surface area contributed by atoms with E-state index in [4.69, 9.17) is 4.74 Å². The van der Waals surface area contributed by atoms with E-state index in [-0.39, 0.29) is 17.6 Å². The second-order valence-electron chi connectivity index (χ2n) is 7.70. The lowest BCUT2D eigenvalue weighted by Crippen LogP contribution is -2.25. The third-order valence-corrected chi connectivity index (χ3v) is 5.41. The molecule has 0 spiro atoms. The van der Waals surface area contributed by atoms with Crippen LogP contribution in [0.1, 0.15) is 43.7 Å². The zero-order chi connectivity index (χ0) is 17.6. The van der Waals surface area contributed by atoms with Gasteiger partial charge in [0.05, 0.1) is 11.7 Å². The minimum absolute atomic E-state index is 0.0223. The first-order chi connectivity index (χ1) is 12.0. The van der Waals surface area contributed by atoms with Crippen LogP contribution in [-0.4, -0.2) is 21.4 Å². The van der Waals surface area contributed by atoms with Gasteiger partial charge in [0, 0.05) is 35.6 Å². The SMILES string of the molecule is Cn1cc([C@H](c2ccccc2O)[C@H]2CCC(C)(C)O2)c2ccccc21. The number of phenolic OH excluding ortho intramolecular Hbond substituents is 1. The van der Waals surface area contributed by atoms with E-state index in [9.17, 15) is 5.11 Å². The minimum atomic E-state index is -0.113. The van der Waals surface area contributed by atoms with Gasteiger partial charge in [-0.25, -0.2) is 0 Å². The molecule has 2 atom stereocenters. The maximum absolute atomic E-state index is 10.5. The van der Waals surface area contributed by atoms with Crippen LogP contribution in [0.4, 0.5) is 0 Å². The van der Waals surface area contributed by atoms with Crippen molar-refractivity contribution in [3.8, 4) is 5.75 Å². The van der Waals surface area contributed by atoms with E-state index in [0.29, 0.717) is 5.75 Å². The van der Waals surface area contributed by atoms with E-state index in [1.54, 1.807) is 6.07 Å². The fourth-order valence-electron chi connectivity index (χ4n) is 4.19. The Morgan fingerprint density at radius 1 is 1.08 bits per heavy atom. The molecule has 0 amide bonds. The van der Waals surface area contributed by atoms with E-state index < -0.39 is 0 Å². The fraction of sp³-hybridized carbons (Fsp3) is 0.364. The van der Waals surface area contributed by atoms with E-state index in [2.05, 4.69) is 55.9 Å². The number of phenols is 1. The molecule has 130 valence electrons. The second kappa shape index (κ2) is 5.92. The van der Waals surface area contributed by atoms with E-state index in [1.165, 1.54) is 16.5 Å². The average molecular weight is 335 g/mol. The van der Waals surface area contributed by atoms with Crippen molar-refractivity contribution in [2.45, 2.75) is 44.3 Å². The third-order valence-electron chi connectivity index (χ3n) is 5.41. The summed E-state index contributed by atoms with van der Waals surface area (Å²) in [6, 6.07) is 16.1. The van der Waals surface area contributed by atoms with E-state index in [0.717, 1.165) is 18.4 Å². The van der Waals surface area contributed by atoms with Crippen molar-refractivity contribution in [1.29, 1.82) is 0 Å².